The Kier molecular flexibility index (Phi) is 5.11. The number of hydrogen-bond acceptors (Lipinski definition) is 3. The van der Waals surface area contributed by atoms with Gasteiger partial charge in [0.1, 0.15) is 5.52 Å². The molecule has 0 radical (unpaired) electrons. The topological polar surface area (TPSA) is 30.3 Å². The molecule has 0 saturated heterocycles. The van der Waals surface area contributed by atoms with Crippen molar-refractivity contribution in [2.75, 3.05) is 11.4 Å². The fraction of sp³-hybridized carbons (Fsp3) is 0.409. The monoisotopic (exact) mass is 469 g/mol. The number of ether oxygens (including phenoxy) is 1. The molecule has 31 heavy (non-hydrogen) atoms. The van der Waals surface area contributed by atoms with E-state index in [0.717, 1.165) is 17.7 Å². The van der Waals surface area contributed by atoms with Crippen LogP contribution in [0.3, 0.4) is 0 Å². The summed E-state index contributed by atoms with van der Waals surface area (Å²) in [7, 11) is 0. The van der Waals surface area contributed by atoms with Crippen LogP contribution in [0.2, 0.25) is 10.0 Å². The van der Waals surface area contributed by atoms with E-state index in [1.807, 2.05) is 34.6 Å². The Morgan fingerprint density at radius 2 is 1.87 bits per heavy atom. The van der Waals surface area contributed by atoms with Gasteiger partial charge < -0.3 is 14.2 Å². The van der Waals surface area contributed by atoms with Crippen LogP contribution in [0.1, 0.15) is 36.5 Å². The lowest BCUT2D eigenvalue weighted by molar-refractivity contribution is -0.226. The Bertz CT molecular complexity index is 1160. The van der Waals surface area contributed by atoms with E-state index in [4.69, 9.17) is 27.9 Å². The minimum Gasteiger partial charge on any atom is -0.361 e. The molecule has 9 heteroatoms. The number of alkyl halides is 3. The number of aromatic nitrogens is 2. The van der Waals surface area contributed by atoms with Crippen LogP contribution >= 0.6 is 23.2 Å². The average Bonchev–Trinajstić information content (AvgIpc) is 3.44. The van der Waals surface area contributed by atoms with Crippen LogP contribution in [0.4, 0.5) is 24.8 Å². The molecular formula is C22H20Cl2F3N3O. The summed E-state index contributed by atoms with van der Waals surface area (Å²) in [5.74, 6) is 0.536. The minimum atomic E-state index is -4.54. The molecule has 0 N–H and O–H groups in total. The molecular weight excluding hydrogens is 450 g/mol. The second kappa shape index (κ2) is 7.57. The highest BCUT2D eigenvalue weighted by atomic mass is 35.5. The van der Waals surface area contributed by atoms with Crippen LogP contribution < -0.4 is 4.90 Å². The van der Waals surface area contributed by atoms with Gasteiger partial charge in [0.15, 0.2) is 6.10 Å². The first-order chi connectivity index (χ1) is 14.7. The standard InChI is InChI=1S/C22H20Cl2F3N3O/c1-12-3-8-17(16(24)11-12)29-9-2-10-30-19-14(6-7-15(23)18(19)28-21(29)30)20(22(25,26)27)31-13-4-5-13/h3,6-8,11,13,20H,2,4-5,9-10H2,1H3. The molecule has 1 unspecified atom stereocenters. The number of hydrogen-bond donors (Lipinski definition) is 0. The molecule has 1 aliphatic carbocycles. The zero-order valence-corrected chi connectivity index (χ0v) is 18.2. The molecule has 5 rings (SSSR count). The Labute approximate surface area is 187 Å². The Morgan fingerprint density at radius 3 is 2.55 bits per heavy atom. The Balaban J connectivity index is 1.69. The van der Waals surface area contributed by atoms with Gasteiger partial charge in [0.05, 0.1) is 27.4 Å². The molecule has 164 valence electrons. The van der Waals surface area contributed by atoms with E-state index in [2.05, 4.69) is 4.98 Å². The van der Waals surface area contributed by atoms with E-state index in [1.54, 1.807) is 0 Å². The second-order valence-corrected chi connectivity index (χ2v) is 8.93. The summed E-state index contributed by atoms with van der Waals surface area (Å²) in [4.78, 5) is 6.61. The lowest BCUT2D eigenvalue weighted by Crippen LogP contribution is -2.29. The highest BCUT2D eigenvalue weighted by Crippen LogP contribution is 2.46. The number of imidazole rings is 1. The van der Waals surface area contributed by atoms with Gasteiger partial charge in [0.25, 0.3) is 0 Å². The molecule has 1 fully saturated rings. The molecule has 1 atom stereocenters. The third kappa shape index (κ3) is 3.77. The maximum Gasteiger partial charge on any atom is 0.418 e. The highest BCUT2D eigenvalue weighted by Gasteiger charge is 2.46. The predicted molar refractivity (Wildman–Crippen MR) is 115 cm³/mol. The zero-order valence-electron chi connectivity index (χ0n) is 16.7. The van der Waals surface area contributed by atoms with Crippen molar-refractivity contribution in [3.63, 3.8) is 0 Å². The first kappa shape index (κ1) is 20.9. The summed E-state index contributed by atoms with van der Waals surface area (Å²) < 4.78 is 49.2. The zero-order chi connectivity index (χ0) is 21.9. The van der Waals surface area contributed by atoms with Crippen LogP contribution in [-0.4, -0.2) is 28.4 Å². The maximum absolute atomic E-state index is 14.0. The van der Waals surface area contributed by atoms with Gasteiger partial charge in [-0.3, -0.25) is 0 Å². The van der Waals surface area contributed by atoms with E-state index in [9.17, 15) is 13.2 Å². The lowest BCUT2D eigenvalue weighted by Gasteiger charge is -2.30. The van der Waals surface area contributed by atoms with Crippen molar-refractivity contribution in [1.29, 1.82) is 0 Å². The average molecular weight is 470 g/mol. The molecule has 4 nitrogen and oxygen atoms in total. The fourth-order valence-electron chi connectivity index (χ4n) is 4.12. The van der Waals surface area contributed by atoms with Gasteiger partial charge in [-0.2, -0.15) is 13.2 Å². The summed E-state index contributed by atoms with van der Waals surface area (Å²) in [5.41, 5.74) is 2.56. The number of nitrogens with zero attached hydrogens (tertiary/aromatic N) is 3. The van der Waals surface area contributed by atoms with Gasteiger partial charge in [0, 0.05) is 18.7 Å². The van der Waals surface area contributed by atoms with Crippen LogP contribution in [0.15, 0.2) is 30.3 Å². The molecule has 3 aromatic rings. The SMILES string of the molecule is Cc1ccc(N2CCCn3c2nc2c(Cl)ccc(C(OC4CC4)C(F)(F)F)c23)c(Cl)c1. The van der Waals surface area contributed by atoms with Gasteiger partial charge in [-0.05, 0) is 49.9 Å². The molecule has 1 aliphatic heterocycles. The molecule has 2 heterocycles. The largest absolute Gasteiger partial charge is 0.418 e. The third-order valence-corrected chi connectivity index (χ3v) is 6.30. The number of anilines is 2. The van der Waals surface area contributed by atoms with Crippen molar-refractivity contribution >= 4 is 45.9 Å². The van der Waals surface area contributed by atoms with Crippen LogP contribution in [0.25, 0.3) is 11.0 Å². The van der Waals surface area contributed by atoms with Gasteiger partial charge in [-0.25, -0.2) is 4.98 Å². The maximum atomic E-state index is 14.0. The van der Waals surface area contributed by atoms with Crippen molar-refractivity contribution in [2.24, 2.45) is 0 Å². The van der Waals surface area contributed by atoms with Crippen molar-refractivity contribution in [3.05, 3.63) is 51.5 Å². The number of rotatable bonds is 4. The number of aryl methyl sites for hydroxylation is 2. The highest BCUT2D eigenvalue weighted by molar-refractivity contribution is 6.35. The molecule has 0 amide bonds. The van der Waals surface area contributed by atoms with Gasteiger partial charge >= 0.3 is 6.18 Å². The van der Waals surface area contributed by atoms with Crippen molar-refractivity contribution in [1.82, 2.24) is 9.55 Å². The van der Waals surface area contributed by atoms with E-state index in [1.165, 1.54) is 12.1 Å². The predicted octanol–water partition coefficient (Wildman–Crippen LogP) is 6.98. The summed E-state index contributed by atoms with van der Waals surface area (Å²) >= 11 is 12.9. The lowest BCUT2D eigenvalue weighted by atomic mass is 10.1. The number of benzene rings is 2. The summed E-state index contributed by atoms with van der Waals surface area (Å²) in [6.45, 7) is 3.14. The quantitative estimate of drug-likeness (QED) is 0.412. The van der Waals surface area contributed by atoms with Gasteiger partial charge in [-0.15, -0.1) is 0 Å². The molecule has 1 aromatic heterocycles. The first-order valence-electron chi connectivity index (χ1n) is 10.2. The first-order valence-corrected chi connectivity index (χ1v) is 10.9. The Morgan fingerprint density at radius 1 is 1.10 bits per heavy atom. The van der Waals surface area contributed by atoms with Gasteiger partial charge in [-0.1, -0.05) is 35.3 Å². The number of halogens is 5. The fourth-order valence-corrected chi connectivity index (χ4v) is 4.65. The van der Waals surface area contributed by atoms with Gasteiger partial charge in [0.2, 0.25) is 5.95 Å². The van der Waals surface area contributed by atoms with Crippen molar-refractivity contribution < 1.29 is 17.9 Å². The van der Waals surface area contributed by atoms with E-state index in [-0.39, 0.29) is 11.7 Å². The summed E-state index contributed by atoms with van der Waals surface area (Å²) in [6.07, 6.45) is -4.89. The molecule has 0 spiro atoms. The Hall–Kier alpha value is -1.96. The molecule has 2 aromatic carbocycles. The number of fused-ring (bicyclic) bond motifs is 3. The van der Waals surface area contributed by atoms with Crippen LogP contribution in [0, 0.1) is 6.92 Å². The molecule has 2 aliphatic rings. The van der Waals surface area contributed by atoms with Crippen LogP contribution in [0.5, 0.6) is 0 Å². The minimum absolute atomic E-state index is 0.0504. The molecule has 1 saturated carbocycles. The van der Waals surface area contributed by atoms with Crippen LogP contribution in [-0.2, 0) is 11.3 Å². The second-order valence-electron chi connectivity index (χ2n) is 8.11. The van der Waals surface area contributed by atoms with Crippen molar-refractivity contribution in [2.45, 2.75) is 51.1 Å². The summed E-state index contributed by atoms with van der Waals surface area (Å²) in [5, 5.41) is 0.875. The van der Waals surface area contributed by atoms with E-state index >= 15 is 0 Å². The summed E-state index contributed by atoms with van der Waals surface area (Å²) in [6, 6.07) is 8.60. The third-order valence-electron chi connectivity index (χ3n) is 5.69. The molecule has 0 bridgehead atoms. The van der Waals surface area contributed by atoms with Crippen molar-refractivity contribution in [3.8, 4) is 0 Å². The normalized spacial score (nSPS) is 17.8. The van der Waals surface area contributed by atoms with E-state index in [0.29, 0.717) is 53.0 Å². The smallest absolute Gasteiger partial charge is 0.361 e. The van der Waals surface area contributed by atoms with E-state index < -0.39 is 12.3 Å².